The number of nitrogens with zero attached hydrogens (tertiary/aromatic N) is 3. The van der Waals surface area contributed by atoms with Gasteiger partial charge in [0.15, 0.2) is 0 Å². The molecule has 2 rings (SSSR count). The van der Waals surface area contributed by atoms with Gasteiger partial charge in [0, 0.05) is 30.5 Å². The third kappa shape index (κ3) is 2.74. The summed E-state index contributed by atoms with van der Waals surface area (Å²) in [6, 6.07) is 1.66. The molecule has 2 N–H and O–H groups in total. The number of amides is 2. The molecule has 0 aliphatic carbocycles. The molecule has 2 aromatic heterocycles. The van der Waals surface area contributed by atoms with Gasteiger partial charge in [0.1, 0.15) is 5.69 Å². The van der Waals surface area contributed by atoms with Crippen molar-refractivity contribution in [2.45, 2.75) is 6.92 Å². The number of carbonyl (C=O) groups is 2. The molecule has 2 amide bonds. The van der Waals surface area contributed by atoms with Crippen molar-refractivity contribution in [3.05, 3.63) is 39.9 Å². The Morgan fingerprint density at radius 1 is 1.25 bits per heavy atom. The largest absolute Gasteiger partial charge is 0.345 e. The van der Waals surface area contributed by atoms with E-state index in [9.17, 15) is 9.59 Å². The molecule has 0 bridgehead atoms. The molecule has 0 atom stereocenters. The molecular weight excluding hydrogens is 326 g/mol. The number of aromatic nitrogens is 3. The smallest absolute Gasteiger partial charge is 0.286 e. The van der Waals surface area contributed by atoms with E-state index in [2.05, 4.69) is 31.9 Å². The first-order valence-corrected chi connectivity index (χ1v) is 6.60. The number of hydrazine groups is 1. The summed E-state index contributed by atoms with van der Waals surface area (Å²) in [5.74, 6) is -0.801. The summed E-state index contributed by atoms with van der Waals surface area (Å²) in [5, 5.41) is 3.97. The van der Waals surface area contributed by atoms with Crippen LogP contribution in [0.1, 0.15) is 26.5 Å². The molecule has 0 saturated heterocycles. The summed E-state index contributed by atoms with van der Waals surface area (Å²) in [6.07, 6.45) is 3.21. The van der Waals surface area contributed by atoms with Crippen LogP contribution in [0.2, 0.25) is 0 Å². The van der Waals surface area contributed by atoms with Gasteiger partial charge in [-0.2, -0.15) is 5.10 Å². The molecule has 2 heterocycles. The molecule has 0 aliphatic heterocycles. The van der Waals surface area contributed by atoms with Gasteiger partial charge in [-0.3, -0.25) is 25.1 Å². The Morgan fingerprint density at radius 3 is 2.40 bits per heavy atom. The van der Waals surface area contributed by atoms with Crippen LogP contribution in [0, 0.1) is 6.92 Å². The number of hydrogen-bond donors (Lipinski definition) is 2. The highest BCUT2D eigenvalue weighted by Crippen LogP contribution is 2.13. The van der Waals surface area contributed by atoms with E-state index < -0.39 is 11.8 Å². The molecule has 0 spiro atoms. The first kappa shape index (κ1) is 14.3. The van der Waals surface area contributed by atoms with Crippen molar-refractivity contribution >= 4 is 27.7 Å². The van der Waals surface area contributed by atoms with Crippen molar-refractivity contribution in [2.24, 2.45) is 14.1 Å². The standard InChI is InChI=1S/C12H14BrN5O2/c1-7-9(5-14-18(7)3)11(19)15-16-12(20)10-4-8(13)6-17(10)2/h4-6H,1-3H3,(H,15,19)(H,16,20). The van der Waals surface area contributed by atoms with Crippen LogP contribution in [0.15, 0.2) is 22.9 Å². The van der Waals surface area contributed by atoms with Crippen LogP contribution in [0.5, 0.6) is 0 Å². The second-order valence-electron chi connectivity index (χ2n) is 4.33. The van der Waals surface area contributed by atoms with Crippen molar-refractivity contribution in [3.63, 3.8) is 0 Å². The zero-order valence-corrected chi connectivity index (χ0v) is 12.9. The predicted octanol–water partition coefficient (Wildman–Crippen LogP) is 0.904. The maximum absolute atomic E-state index is 11.9. The van der Waals surface area contributed by atoms with Gasteiger partial charge >= 0.3 is 0 Å². The van der Waals surface area contributed by atoms with E-state index in [1.807, 2.05) is 0 Å². The minimum Gasteiger partial charge on any atom is -0.345 e. The molecule has 106 valence electrons. The van der Waals surface area contributed by atoms with Crippen LogP contribution >= 0.6 is 15.9 Å². The summed E-state index contributed by atoms with van der Waals surface area (Å²) in [5.41, 5.74) is 6.31. The summed E-state index contributed by atoms with van der Waals surface area (Å²) in [6.45, 7) is 1.78. The highest BCUT2D eigenvalue weighted by molar-refractivity contribution is 9.10. The van der Waals surface area contributed by atoms with Gasteiger partial charge in [0.2, 0.25) is 0 Å². The van der Waals surface area contributed by atoms with Crippen molar-refractivity contribution < 1.29 is 9.59 Å². The van der Waals surface area contributed by atoms with Crippen LogP contribution < -0.4 is 10.9 Å². The van der Waals surface area contributed by atoms with Gasteiger partial charge in [-0.25, -0.2) is 0 Å². The quantitative estimate of drug-likeness (QED) is 0.798. The predicted molar refractivity (Wildman–Crippen MR) is 76.0 cm³/mol. The lowest BCUT2D eigenvalue weighted by atomic mass is 10.2. The number of hydrogen-bond acceptors (Lipinski definition) is 3. The topological polar surface area (TPSA) is 81.0 Å². The van der Waals surface area contributed by atoms with Crippen molar-refractivity contribution in [3.8, 4) is 0 Å². The molecule has 0 saturated carbocycles. The van der Waals surface area contributed by atoms with Crippen LogP contribution in [0.4, 0.5) is 0 Å². The lowest BCUT2D eigenvalue weighted by Gasteiger charge is -2.07. The number of halogens is 1. The first-order chi connectivity index (χ1) is 9.40. The van der Waals surface area contributed by atoms with Crippen molar-refractivity contribution in [1.82, 2.24) is 25.2 Å². The summed E-state index contributed by atoms with van der Waals surface area (Å²) < 4.78 is 4.03. The Hall–Kier alpha value is -2.09. The third-order valence-corrected chi connectivity index (χ3v) is 3.41. The lowest BCUT2D eigenvalue weighted by molar-refractivity contribution is 0.0841. The SMILES string of the molecule is Cc1c(C(=O)NNC(=O)c2cc(Br)cn2C)cnn1C. The normalized spacial score (nSPS) is 10.4. The molecule has 0 aromatic carbocycles. The Labute approximate surface area is 124 Å². The van der Waals surface area contributed by atoms with Gasteiger partial charge in [-0.15, -0.1) is 0 Å². The van der Waals surface area contributed by atoms with E-state index in [0.29, 0.717) is 11.3 Å². The fourth-order valence-electron chi connectivity index (χ4n) is 1.72. The fourth-order valence-corrected chi connectivity index (χ4v) is 2.24. The van der Waals surface area contributed by atoms with Crippen LogP contribution in [0.3, 0.4) is 0 Å². The number of rotatable bonds is 2. The van der Waals surface area contributed by atoms with E-state index in [-0.39, 0.29) is 0 Å². The first-order valence-electron chi connectivity index (χ1n) is 5.81. The summed E-state index contributed by atoms with van der Waals surface area (Å²) >= 11 is 3.28. The molecular formula is C12H14BrN5O2. The Balaban J connectivity index is 2.02. The van der Waals surface area contributed by atoms with Crippen LogP contribution in [0.25, 0.3) is 0 Å². The van der Waals surface area contributed by atoms with Crippen molar-refractivity contribution in [2.75, 3.05) is 0 Å². The average Bonchev–Trinajstić information content (AvgIpc) is 2.90. The average molecular weight is 340 g/mol. The van der Waals surface area contributed by atoms with E-state index in [1.54, 1.807) is 42.5 Å². The van der Waals surface area contributed by atoms with Gasteiger partial charge in [0.25, 0.3) is 11.8 Å². The van der Waals surface area contributed by atoms with Gasteiger partial charge in [-0.1, -0.05) is 0 Å². The van der Waals surface area contributed by atoms with E-state index in [1.165, 1.54) is 6.20 Å². The maximum Gasteiger partial charge on any atom is 0.286 e. The van der Waals surface area contributed by atoms with Gasteiger partial charge in [-0.05, 0) is 28.9 Å². The third-order valence-electron chi connectivity index (χ3n) is 2.97. The Morgan fingerprint density at radius 2 is 1.90 bits per heavy atom. The molecule has 8 heteroatoms. The van der Waals surface area contributed by atoms with E-state index in [0.717, 1.165) is 10.2 Å². The molecule has 0 radical (unpaired) electrons. The van der Waals surface area contributed by atoms with E-state index >= 15 is 0 Å². The molecule has 0 aliphatic rings. The number of nitrogens with one attached hydrogen (secondary N) is 2. The minimum atomic E-state index is -0.405. The van der Waals surface area contributed by atoms with Crippen molar-refractivity contribution in [1.29, 1.82) is 0 Å². The minimum absolute atomic E-state index is 0.395. The zero-order valence-electron chi connectivity index (χ0n) is 11.3. The summed E-state index contributed by atoms with van der Waals surface area (Å²) in [4.78, 5) is 23.8. The second kappa shape index (κ2) is 5.49. The second-order valence-corrected chi connectivity index (χ2v) is 5.25. The van der Waals surface area contributed by atoms with E-state index in [4.69, 9.17) is 0 Å². The van der Waals surface area contributed by atoms with Crippen LogP contribution in [-0.4, -0.2) is 26.2 Å². The zero-order chi connectivity index (χ0) is 14.9. The monoisotopic (exact) mass is 339 g/mol. The fraction of sp³-hybridized carbons (Fsp3) is 0.250. The maximum atomic E-state index is 11.9. The molecule has 0 unspecified atom stereocenters. The van der Waals surface area contributed by atoms with Gasteiger partial charge < -0.3 is 4.57 Å². The Bertz CT molecular complexity index is 659. The van der Waals surface area contributed by atoms with Crippen LogP contribution in [-0.2, 0) is 14.1 Å². The van der Waals surface area contributed by atoms with Gasteiger partial charge in [0.05, 0.1) is 11.8 Å². The molecule has 7 nitrogen and oxygen atoms in total. The highest BCUT2D eigenvalue weighted by atomic mass is 79.9. The number of aryl methyl sites for hydroxylation is 2. The number of carbonyl (C=O) groups excluding carboxylic acids is 2. The lowest BCUT2D eigenvalue weighted by Crippen LogP contribution is -2.42. The molecule has 0 fully saturated rings. The summed E-state index contributed by atoms with van der Waals surface area (Å²) in [7, 11) is 3.49. The Kier molecular flexibility index (Phi) is 3.93. The highest BCUT2D eigenvalue weighted by Gasteiger charge is 2.15. The molecule has 2 aromatic rings. The molecule has 20 heavy (non-hydrogen) atoms.